The van der Waals surface area contributed by atoms with Crippen molar-refractivity contribution in [3.05, 3.63) is 29.6 Å². The van der Waals surface area contributed by atoms with Gasteiger partial charge in [0.15, 0.2) is 0 Å². The van der Waals surface area contributed by atoms with E-state index in [0.29, 0.717) is 13.0 Å². The number of carbonyl (C=O) groups excluding carboxylic acids is 1. The number of carbonyl (C=O) groups is 1. The Balaban J connectivity index is 2.43. The van der Waals surface area contributed by atoms with Gasteiger partial charge in [0.05, 0.1) is 0 Å². The number of hydrogen-bond donors (Lipinski definition) is 2. The van der Waals surface area contributed by atoms with E-state index in [0.717, 1.165) is 18.4 Å². The molecular weight excluding hydrogens is 228 g/mol. The van der Waals surface area contributed by atoms with Crippen molar-refractivity contribution >= 4 is 5.91 Å². The number of pyridine rings is 1. The lowest BCUT2D eigenvalue weighted by molar-refractivity contribution is -0.138. The molecule has 100 valence electrons. The minimum Gasteiger partial charge on any atom is -0.380 e. The number of amides is 1. The first-order valence-electron chi connectivity index (χ1n) is 6.37. The zero-order valence-electron chi connectivity index (χ0n) is 11.4. The van der Waals surface area contributed by atoms with E-state index < -0.39 is 5.60 Å². The highest BCUT2D eigenvalue weighted by Crippen LogP contribution is 2.11. The van der Waals surface area contributed by atoms with Crippen molar-refractivity contribution in [1.29, 1.82) is 0 Å². The topological polar surface area (TPSA) is 62.2 Å². The van der Waals surface area contributed by atoms with E-state index in [1.165, 1.54) is 5.56 Å². The Bertz CT molecular complexity index is 403. The number of aromatic nitrogens is 1. The fourth-order valence-electron chi connectivity index (χ4n) is 1.88. The van der Waals surface area contributed by atoms with Gasteiger partial charge in [0, 0.05) is 18.9 Å². The average molecular weight is 250 g/mol. The summed E-state index contributed by atoms with van der Waals surface area (Å²) in [6.07, 6.45) is 5.57. The number of nitrogens with one attached hydrogen (secondary N) is 1. The molecule has 0 aromatic carbocycles. The van der Waals surface area contributed by atoms with Crippen molar-refractivity contribution < 1.29 is 9.90 Å². The van der Waals surface area contributed by atoms with Gasteiger partial charge in [0.25, 0.3) is 5.91 Å². The van der Waals surface area contributed by atoms with E-state index in [4.69, 9.17) is 0 Å². The SMILES string of the molecule is CCCC(C)(O)C(=O)NCCc1ccncc1C. The maximum absolute atomic E-state index is 11.8. The van der Waals surface area contributed by atoms with Crippen LogP contribution in [0.1, 0.15) is 37.8 Å². The van der Waals surface area contributed by atoms with Crippen LogP contribution in [0.3, 0.4) is 0 Å². The molecule has 0 bridgehead atoms. The van der Waals surface area contributed by atoms with Gasteiger partial charge in [-0.15, -0.1) is 0 Å². The third-order valence-electron chi connectivity index (χ3n) is 3.04. The molecule has 1 rings (SSSR count). The minimum absolute atomic E-state index is 0.295. The molecule has 2 N–H and O–H groups in total. The van der Waals surface area contributed by atoms with Crippen LogP contribution in [-0.2, 0) is 11.2 Å². The molecule has 4 heteroatoms. The highest BCUT2D eigenvalue weighted by molar-refractivity contribution is 5.84. The molecule has 1 unspecified atom stereocenters. The standard InChI is InChI=1S/C14H22N2O2/c1-4-7-14(3,18)13(17)16-9-6-12-5-8-15-10-11(12)2/h5,8,10,18H,4,6-7,9H2,1-3H3,(H,16,17). The molecule has 0 aliphatic carbocycles. The van der Waals surface area contributed by atoms with Crippen LogP contribution in [0.15, 0.2) is 18.5 Å². The Hall–Kier alpha value is -1.42. The molecule has 18 heavy (non-hydrogen) atoms. The molecule has 1 atom stereocenters. The number of aliphatic hydroxyl groups is 1. The lowest BCUT2D eigenvalue weighted by atomic mass is 9.99. The van der Waals surface area contributed by atoms with Crippen molar-refractivity contribution in [2.75, 3.05) is 6.54 Å². The number of aryl methyl sites for hydroxylation is 1. The van der Waals surface area contributed by atoms with Crippen molar-refractivity contribution in [3.63, 3.8) is 0 Å². The van der Waals surface area contributed by atoms with Crippen LogP contribution in [0, 0.1) is 6.92 Å². The highest BCUT2D eigenvalue weighted by Gasteiger charge is 2.28. The minimum atomic E-state index is -1.26. The molecule has 0 spiro atoms. The van der Waals surface area contributed by atoms with Crippen LogP contribution >= 0.6 is 0 Å². The summed E-state index contributed by atoms with van der Waals surface area (Å²) in [4.78, 5) is 15.8. The Morgan fingerprint density at radius 3 is 2.89 bits per heavy atom. The molecule has 0 fully saturated rings. The second-order valence-electron chi connectivity index (χ2n) is 4.83. The third kappa shape index (κ3) is 4.11. The van der Waals surface area contributed by atoms with Crippen LogP contribution in [0.4, 0.5) is 0 Å². The average Bonchev–Trinajstić information content (AvgIpc) is 2.31. The molecule has 0 saturated heterocycles. The first-order chi connectivity index (χ1) is 8.47. The summed E-state index contributed by atoms with van der Waals surface area (Å²) in [7, 11) is 0. The smallest absolute Gasteiger partial charge is 0.251 e. The quantitative estimate of drug-likeness (QED) is 0.806. The second-order valence-corrected chi connectivity index (χ2v) is 4.83. The van der Waals surface area contributed by atoms with Crippen LogP contribution in [-0.4, -0.2) is 28.1 Å². The predicted molar refractivity (Wildman–Crippen MR) is 71.2 cm³/mol. The molecule has 1 aromatic rings. The van der Waals surface area contributed by atoms with E-state index in [9.17, 15) is 9.90 Å². The van der Waals surface area contributed by atoms with Gasteiger partial charge in [-0.25, -0.2) is 0 Å². The van der Waals surface area contributed by atoms with E-state index in [2.05, 4.69) is 10.3 Å². The van der Waals surface area contributed by atoms with E-state index >= 15 is 0 Å². The lowest BCUT2D eigenvalue weighted by Gasteiger charge is -2.21. The van der Waals surface area contributed by atoms with E-state index in [-0.39, 0.29) is 5.91 Å². The Morgan fingerprint density at radius 1 is 1.56 bits per heavy atom. The summed E-state index contributed by atoms with van der Waals surface area (Å²) in [6.45, 7) is 6.03. The molecule has 1 heterocycles. The fourth-order valence-corrected chi connectivity index (χ4v) is 1.88. The van der Waals surface area contributed by atoms with Gasteiger partial charge in [-0.05, 0) is 43.9 Å². The fraction of sp³-hybridized carbons (Fsp3) is 0.571. The second kappa shape index (κ2) is 6.50. The molecule has 0 aliphatic rings. The zero-order chi connectivity index (χ0) is 13.6. The molecule has 4 nitrogen and oxygen atoms in total. The van der Waals surface area contributed by atoms with Gasteiger partial charge >= 0.3 is 0 Å². The van der Waals surface area contributed by atoms with Gasteiger partial charge < -0.3 is 10.4 Å². The van der Waals surface area contributed by atoms with Crippen LogP contribution in [0.2, 0.25) is 0 Å². The van der Waals surface area contributed by atoms with E-state index in [1.807, 2.05) is 26.1 Å². The predicted octanol–water partition coefficient (Wildman–Crippen LogP) is 1.60. The van der Waals surface area contributed by atoms with Crippen LogP contribution < -0.4 is 5.32 Å². The maximum atomic E-state index is 11.8. The maximum Gasteiger partial charge on any atom is 0.251 e. The number of hydrogen-bond acceptors (Lipinski definition) is 3. The van der Waals surface area contributed by atoms with Gasteiger partial charge in [0.1, 0.15) is 5.60 Å². The molecule has 1 amide bonds. The van der Waals surface area contributed by atoms with Crippen molar-refractivity contribution in [3.8, 4) is 0 Å². The molecule has 0 saturated carbocycles. The van der Waals surface area contributed by atoms with Gasteiger partial charge in [-0.1, -0.05) is 13.3 Å². The van der Waals surface area contributed by atoms with Gasteiger partial charge in [-0.2, -0.15) is 0 Å². The Labute approximate surface area is 108 Å². The monoisotopic (exact) mass is 250 g/mol. The van der Waals surface area contributed by atoms with E-state index in [1.54, 1.807) is 13.1 Å². The lowest BCUT2D eigenvalue weighted by Crippen LogP contribution is -2.45. The molecule has 1 aromatic heterocycles. The Kier molecular flexibility index (Phi) is 5.28. The number of nitrogens with zero attached hydrogens (tertiary/aromatic N) is 1. The highest BCUT2D eigenvalue weighted by atomic mass is 16.3. The van der Waals surface area contributed by atoms with Crippen LogP contribution in [0.25, 0.3) is 0 Å². The summed E-state index contributed by atoms with van der Waals surface area (Å²) < 4.78 is 0. The van der Waals surface area contributed by atoms with Crippen LogP contribution in [0.5, 0.6) is 0 Å². The summed E-state index contributed by atoms with van der Waals surface area (Å²) in [5.74, 6) is -0.295. The van der Waals surface area contributed by atoms with Gasteiger partial charge in [-0.3, -0.25) is 9.78 Å². The summed E-state index contributed by atoms with van der Waals surface area (Å²) in [5.41, 5.74) is 1.02. The third-order valence-corrected chi connectivity index (χ3v) is 3.04. The molecule has 0 aliphatic heterocycles. The molecular formula is C14H22N2O2. The first-order valence-corrected chi connectivity index (χ1v) is 6.37. The Morgan fingerprint density at radius 2 is 2.28 bits per heavy atom. The van der Waals surface area contributed by atoms with Crippen molar-refractivity contribution in [2.45, 2.75) is 45.6 Å². The normalized spacial score (nSPS) is 14.0. The van der Waals surface area contributed by atoms with Crippen molar-refractivity contribution in [1.82, 2.24) is 10.3 Å². The summed E-state index contributed by atoms with van der Waals surface area (Å²) in [6, 6.07) is 1.95. The van der Waals surface area contributed by atoms with Crippen molar-refractivity contribution in [2.24, 2.45) is 0 Å². The zero-order valence-corrected chi connectivity index (χ0v) is 11.4. The largest absolute Gasteiger partial charge is 0.380 e. The first kappa shape index (κ1) is 14.6. The molecule has 0 radical (unpaired) electrons. The van der Waals surface area contributed by atoms with Gasteiger partial charge in [0.2, 0.25) is 0 Å². The summed E-state index contributed by atoms with van der Waals surface area (Å²) in [5, 5.41) is 12.7. The number of rotatable bonds is 6. The summed E-state index contributed by atoms with van der Waals surface area (Å²) >= 11 is 0.